The van der Waals surface area contributed by atoms with Crippen molar-refractivity contribution < 1.29 is 14.3 Å². The van der Waals surface area contributed by atoms with E-state index < -0.39 is 5.60 Å². The molecule has 0 aromatic rings. The van der Waals surface area contributed by atoms with Crippen LogP contribution in [0.2, 0.25) is 0 Å². The van der Waals surface area contributed by atoms with Gasteiger partial charge in [-0.25, -0.2) is 4.79 Å². The van der Waals surface area contributed by atoms with Crippen molar-refractivity contribution in [2.75, 3.05) is 53.0 Å². The summed E-state index contributed by atoms with van der Waals surface area (Å²) >= 11 is 0. The van der Waals surface area contributed by atoms with Crippen molar-refractivity contribution in [3.05, 3.63) is 0 Å². The van der Waals surface area contributed by atoms with Gasteiger partial charge < -0.3 is 19.7 Å². The molecule has 0 spiro atoms. The van der Waals surface area contributed by atoms with E-state index in [4.69, 9.17) is 9.47 Å². The minimum atomic E-state index is -0.417. The third-order valence-electron chi connectivity index (χ3n) is 3.92. The number of carbonyl (C=O) groups excluding carboxylic acids is 1. The lowest BCUT2D eigenvalue weighted by Gasteiger charge is -2.35. The van der Waals surface area contributed by atoms with Crippen LogP contribution in [-0.4, -0.2) is 80.5 Å². The molecule has 0 saturated carbocycles. The van der Waals surface area contributed by atoms with Crippen molar-refractivity contribution in [1.29, 1.82) is 0 Å². The Hall–Kier alpha value is -0.850. The van der Waals surface area contributed by atoms with Crippen LogP contribution in [0.15, 0.2) is 0 Å². The van der Waals surface area contributed by atoms with Crippen molar-refractivity contribution >= 4 is 6.09 Å². The first-order valence-corrected chi connectivity index (χ1v) is 8.74. The summed E-state index contributed by atoms with van der Waals surface area (Å²) in [5.41, 5.74) is -0.417. The van der Waals surface area contributed by atoms with Gasteiger partial charge >= 0.3 is 6.09 Å². The summed E-state index contributed by atoms with van der Waals surface area (Å²) in [7, 11) is 1.74. The highest BCUT2D eigenvalue weighted by Gasteiger charge is 2.25. The van der Waals surface area contributed by atoms with Crippen LogP contribution in [0.3, 0.4) is 0 Å². The Morgan fingerprint density at radius 2 is 1.87 bits per heavy atom. The van der Waals surface area contributed by atoms with E-state index in [0.717, 1.165) is 58.7 Å². The third-order valence-corrected chi connectivity index (χ3v) is 3.92. The lowest BCUT2D eigenvalue weighted by Crippen LogP contribution is -2.50. The zero-order valence-corrected chi connectivity index (χ0v) is 15.6. The number of rotatable bonds is 8. The van der Waals surface area contributed by atoms with Crippen LogP contribution < -0.4 is 5.32 Å². The molecular formula is C17H35N3O3. The summed E-state index contributed by atoms with van der Waals surface area (Å²) in [6, 6.07) is 0.499. The summed E-state index contributed by atoms with van der Waals surface area (Å²) in [5.74, 6) is 0. The van der Waals surface area contributed by atoms with Gasteiger partial charge in [-0.1, -0.05) is 0 Å². The molecule has 0 aliphatic carbocycles. The second kappa shape index (κ2) is 10.1. The quantitative estimate of drug-likeness (QED) is 0.690. The molecule has 6 nitrogen and oxygen atoms in total. The lowest BCUT2D eigenvalue weighted by molar-refractivity contribution is 0.0144. The predicted molar refractivity (Wildman–Crippen MR) is 92.8 cm³/mol. The van der Waals surface area contributed by atoms with Gasteiger partial charge in [-0.05, 0) is 53.6 Å². The molecule has 1 aliphatic heterocycles. The molecule has 6 heteroatoms. The molecule has 23 heavy (non-hydrogen) atoms. The molecule has 1 saturated heterocycles. The number of nitrogens with zero attached hydrogens (tertiary/aromatic N) is 2. The van der Waals surface area contributed by atoms with E-state index in [-0.39, 0.29) is 6.09 Å². The highest BCUT2D eigenvalue weighted by Crippen LogP contribution is 2.11. The summed E-state index contributed by atoms with van der Waals surface area (Å²) in [6.45, 7) is 14.2. The van der Waals surface area contributed by atoms with Gasteiger partial charge in [-0.15, -0.1) is 0 Å². The minimum absolute atomic E-state index is 0.189. The van der Waals surface area contributed by atoms with Gasteiger partial charge in [0.1, 0.15) is 5.60 Å². The second-order valence-corrected chi connectivity index (χ2v) is 7.30. The van der Waals surface area contributed by atoms with Crippen LogP contribution in [0, 0.1) is 0 Å². The van der Waals surface area contributed by atoms with E-state index in [1.807, 2.05) is 25.7 Å². The summed E-state index contributed by atoms with van der Waals surface area (Å²) in [6.07, 6.45) is 1.99. The van der Waals surface area contributed by atoms with Gasteiger partial charge in [0.05, 0.1) is 0 Å². The van der Waals surface area contributed by atoms with E-state index in [1.165, 1.54) is 0 Å². The topological polar surface area (TPSA) is 54.0 Å². The van der Waals surface area contributed by atoms with E-state index in [9.17, 15) is 4.79 Å². The standard InChI is InChI=1S/C17H35N3O3/c1-15(7-14-22-5)18-8-6-9-19-10-12-20(13-11-19)16(21)23-17(2,3)4/h15,18H,6-14H2,1-5H3. The fourth-order valence-electron chi connectivity index (χ4n) is 2.53. The Labute approximate surface area is 141 Å². The first-order valence-electron chi connectivity index (χ1n) is 8.74. The lowest BCUT2D eigenvalue weighted by atomic mass is 10.2. The molecule has 0 bridgehead atoms. The van der Waals surface area contributed by atoms with Crippen LogP contribution in [-0.2, 0) is 9.47 Å². The van der Waals surface area contributed by atoms with Gasteiger partial charge in [0.15, 0.2) is 0 Å². The molecule has 1 atom stereocenters. The number of hydrogen-bond acceptors (Lipinski definition) is 5. The minimum Gasteiger partial charge on any atom is -0.444 e. The van der Waals surface area contributed by atoms with Crippen molar-refractivity contribution in [3.63, 3.8) is 0 Å². The van der Waals surface area contributed by atoms with E-state index >= 15 is 0 Å². The van der Waals surface area contributed by atoms with E-state index in [0.29, 0.717) is 6.04 Å². The highest BCUT2D eigenvalue weighted by molar-refractivity contribution is 5.68. The van der Waals surface area contributed by atoms with Gasteiger partial charge in [0.25, 0.3) is 0 Å². The second-order valence-electron chi connectivity index (χ2n) is 7.30. The molecule has 0 radical (unpaired) electrons. The van der Waals surface area contributed by atoms with E-state index in [2.05, 4.69) is 17.1 Å². The van der Waals surface area contributed by atoms with Crippen LogP contribution in [0.25, 0.3) is 0 Å². The van der Waals surface area contributed by atoms with Gasteiger partial charge in [-0.3, -0.25) is 4.90 Å². The first-order chi connectivity index (χ1) is 10.8. The van der Waals surface area contributed by atoms with Crippen molar-refractivity contribution in [2.24, 2.45) is 0 Å². The Balaban J connectivity index is 2.11. The van der Waals surface area contributed by atoms with E-state index in [1.54, 1.807) is 7.11 Å². The van der Waals surface area contributed by atoms with Gasteiger partial charge in [0.2, 0.25) is 0 Å². The van der Waals surface area contributed by atoms with Crippen molar-refractivity contribution in [3.8, 4) is 0 Å². The van der Waals surface area contributed by atoms with Gasteiger partial charge in [-0.2, -0.15) is 0 Å². The Morgan fingerprint density at radius 3 is 2.43 bits per heavy atom. The zero-order valence-electron chi connectivity index (χ0n) is 15.6. The maximum atomic E-state index is 12.0. The molecule has 0 aromatic heterocycles. The molecule has 1 rings (SSSR count). The molecule has 1 unspecified atom stereocenters. The first kappa shape index (κ1) is 20.2. The number of amides is 1. The molecule has 0 aromatic carbocycles. The molecule has 1 heterocycles. The fourth-order valence-corrected chi connectivity index (χ4v) is 2.53. The number of carbonyl (C=O) groups is 1. The Morgan fingerprint density at radius 1 is 1.22 bits per heavy atom. The summed E-state index contributed by atoms with van der Waals surface area (Å²) in [4.78, 5) is 16.2. The number of ether oxygens (including phenoxy) is 2. The molecule has 1 N–H and O–H groups in total. The van der Waals surface area contributed by atoms with Crippen molar-refractivity contribution in [2.45, 2.75) is 52.2 Å². The third kappa shape index (κ3) is 9.13. The summed E-state index contributed by atoms with van der Waals surface area (Å²) in [5, 5.41) is 3.52. The zero-order chi connectivity index (χ0) is 17.3. The SMILES string of the molecule is COCCC(C)NCCCN1CCN(C(=O)OC(C)(C)C)CC1. The predicted octanol–water partition coefficient (Wildman–Crippen LogP) is 1.94. The fraction of sp³-hybridized carbons (Fsp3) is 0.941. The van der Waals surface area contributed by atoms with Crippen LogP contribution in [0.5, 0.6) is 0 Å². The smallest absolute Gasteiger partial charge is 0.410 e. The van der Waals surface area contributed by atoms with Crippen LogP contribution in [0.4, 0.5) is 4.79 Å². The number of hydrogen-bond donors (Lipinski definition) is 1. The molecular weight excluding hydrogens is 294 g/mol. The number of nitrogens with one attached hydrogen (secondary N) is 1. The average Bonchev–Trinajstić information content (AvgIpc) is 2.48. The van der Waals surface area contributed by atoms with Crippen LogP contribution in [0.1, 0.15) is 40.5 Å². The summed E-state index contributed by atoms with van der Waals surface area (Å²) < 4.78 is 10.5. The maximum absolute atomic E-state index is 12.0. The average molecular weight is 329 g/mol. The molecule has 136 valence electrons. The highest BCUT2D eigenvalue weighted by atomic mass is 16.6. The largest absolute Gasteiger partial charge is 0.444 e. The Kier molecular flexibility index (Phi) is 8.87. The number of piperazine rings is 1. The number of methoxy groups -OCH3 is 1. The Bertz CT molecular complexity index is 336. The van der Waals surface area contributed by atoms with Crippen LogP contribution >= 0.6 is 0 Å². The molecule has 1 aliphatic rings. The monoisotopic (exact) mass is 329 g/mol. The molecule has 1 fully saturated rings. The van der Waals surface area contributed by atoms with Crippen molar-refractivity contribution in [1.82, 2.24) is 15.1 Å². The maximum Gasteiger partial charge on any atom is 0.410 e. The van der Waals surface area contributed by atoms with Gasteiger partial charge in [0, 0.05) is 45.9 Å². The molecule has 1 amide bonds. The normalized spacial score (nSPS) is 18.0.